The van der Waals surface area contributed by atoms with Crippen LogP contribution >= 0.6 is 0 Å². The molecular formula is C11H15NO3. The molecule has 1 aromatic carbocycles. The van der Waals surface area contributed by atoms with Gasteiger partial charge in [-0.15, -0.1) is 0 Å². The van der Waals surface area contributed by atoms with E-state index in [0.29, 0.717) is 11.3 Å². The molecular weight excluding hydrogens is 194 g/mol. The zero-order chi connectivity index (χ0) is 11.3. The van der Waals surface area contributed by atoms with E-state index in [2.05, 4.69) is 0 Å². The molecule has 1 amide bonds. The summed E-state index contributed by atoms with van der Waals surface area (Å²) < 4.78 is 5.18. The number of benzene rings is 1. The third kappa shape index (κ3) is 3.25. The van der Waals surface area contributed by atoms with Crippen molar-refractivity contribution in [3.8, 4) is 5.75 Å². The standard InChI is InChI=1S/C11H15NO3/c1-12(2)11(14)9-3-5-10(6-4-9)15-8-7-13/h3-6,13H,7-8H2,1-2H3. The van der Waals surface area contributed by atoms with Crippen LogP contribution in [0.1, 0.15) is 10.4 Å². The Kier molecular flexibility index (Phi) is 4.12. The average Bonchev–Trinajstić information content (AvgIpc) is 2.26. The smallest absolute Gasteiger partial charge is 0.253 e. The summed E-state index contributed by atoms with van der Waals surface area (Å²) in [7, 11) is 3.41. The first-order valence-electron chi connectivity index (χ1n) is 4.70. The minimum atomic E-state index is -0.0382. The number of carbonyl (C=O) groups excluding carboxylic acids is 1. The second kappa shape index (κ2) is 5.36. The van der Waals surface area contributed by atoms with Crippen molar-refractivity contribution in [2.45, 2.75) is 0 Å². The topological polar surface area (TPSA) is 49.8 Å². The highest BCUT2D eigenvalue weighted by molar-refractivity contribution is 5.93. The highest BCUT2D eigenvalue weighted by Gasteiger charge is 2.06. The summed E-state index contributed by atoms with van der Waals surface area (Å²) in [5, 5.41) is 8.56. The van der Waals surface area contributed by atoms with E-state index in [-0.39, 0.29) is 19.1 Å². The Bertz CT molecular complexity index is 319. The van der Waals surface area contributed by atoms with Crippen molar-refractivity contribution >= 4 is 5.91 Å². The number of hydrogen-bond donors (Lipinski definition) is 1. The molecule has 0 unspecified atom stereocenters. The van der Waals surface area contributed by atoms with Crippen molar-refractivity contribution in [2.24, 2.45) is 0 Å². The van der Waals surface area contributed by atoms with Crippen molar-refractivity contribution < 1.29 is 14.6 Å². The lowest BCUT2D eigenvalue weighted by atomic mass is 10.2. The number of hydrogen-bond acceptors (Lipinski definition) is 3. The van der Waals surface area contributed by atoms with Crippen LogP contribution in [0, 0.1) is 0 Å². The van der Waals surface area contributed by atoms with Gasteiger partial charge in [-0.25, -0.2) is 0 Å². The van der Waals surface area contributed by atoms with Crippen LogP contribution in [0.4, 0.5) is 0 Å². The Hall–Kier alpha value is -1.55. The number of ether oxygens (including phenoxy) is 1. The summed E-state index contributed by atoms with van der Waals surface area (Å²) in [4.78, 5) is 13.0. The predicted octanol–water partition coefficient (Wildman–Crippen LogP) is 0.759. The molecule has 0 bridgehead atoms. The van der Waals surface area contributed by atoms with E-state index < -0.39 is 0 Å². The Morgan fingerprint density at radius 3 is 2.40 bits per heavy atom. The Labute approximate surface area is 89.1 Å². The van der Waals surface area contributed by atoms with Crippen LogP contribution < -0.4 is 4.74 Å². The molecule has 0 saturated carbocycles. The fourth-order valence-electron chi connectivity index (χ4n) is 1.12. The molecule has 0 aliphatic heterocycles. The molecule has 4 heteroatoms. The molecule has 0 saturated heterocycles. The second-order valence-electron chi connectivity index (χ2n) is 3.30. The fourth-order valence-corrected chi connectivity index (χ4v) is 1.12. The van der Waals surface area contributed by atoms with E-state index in [4.69, 9.17) is 9.84 Å². The van der Waals surface area contributed by atoms with E-state index in [9.17, 15) is 4.79 Å². The van der Waals surface area contributed by atoms with Gasteiger partial charge in [-0.3, -0.25) is 4.79 Å². The predicted molar refractivity (Wildman–Crippen MR) is 57.0 cm³/mol. The molecule has 4 nitrogen and oxygen atoms in total. The maximum absolute atomic E-state index is 11.5. The van der Waals surface area contributed by atoms with Gasteiger partial charge in [0, 0.05) is 19.7 Å². The molecule has 1 N–H and O–H groups in total. The highest BCUT2D eigenvalue weighted by atomic mass is 16.5. The number of amides is 1. The number of rotatable bonds is 4. The lowest BCUT2D eigenvalue weighted by Crippen LogP contribution is -2.21. The van der Waals surface area contributed by atoms with Crippen LogP contribution in [0.3, 0.4) is 0 Å². The second-order valence-corrected chi connectivity index (χ2v) is 3.30. The lowest BCUT2D eigenvalue weighted by Gasteiger charge is -2.10. The highest BCUT2D eigenvalue weighted by Crippen LogP contribution is 2.12. The lowest BCUT2D eigenvalue weighted by molar-refractivity contribution is 0.0827. The van der Waals surface area contributed by atoms with Gasteiger partial charge in [-0.05, 0) is 24.3 Å². The number of aliphatic hydroxyl groups excluding tert-OH is 1. The monoisotopic (exact) mass is 209 g/mol. The summed E-state index contributed by atoms with van der Waals surface area (Å²) in [5.74, 6) is 0.614. The first-order valence-corrected chi connectivity index (χ1v) is 4.70. The van der Waals surface area contributed by atoms with Gasteiger partial charge < -0.3 is 14.7 Å². The Morgan fingerprint density at radius 1 is 1.33 bits per heavy atom. The molecule has 15 heavy (non-hydrogen) atoms. The van der Waals surface area contributed by atoms with Crippen molar-refractivity contribution in [3.05, 3.63) is 29.8 Å². The molecule has 1 aromatic rings. The molecule has 0 aromatic heterocycles. The van der Waals surface area contributed by atoms with Crippen molar-refractivity contribution in [3.63, 3.8) is 0 Å². The zero-order valence-corrected chi connectivity index (χ0v) is 8.93. The third-order valence-corrected chi connectivity index (χ3v) is 1.87. The van der Waals surface area contributed by atoms with Gasteiger partial charge >= 0.3 is 0 Å². The fraction of sp³-hybridized carbons (Fsp3) is 0.364. The molecule has 0 aliphatic rings. The van der Waals surface area contributed by atoms with Gasteiger partial charge in [0.15, 0.2) is 0 Å². The van der Waals surface area contributed by atoms with Crippen molar-refractivity contribution in [2.75, 3.05) is 27.3 Å². The van der Waals surface area contributed by atoms with Gasteiger partial charge in [0.05, 0.1) is 6.61 Å². The minimum Gasteiger partial charge on any atom is -0.491 e. The van der Waals surface area contributed by atoms with Crippen LogP contribution in [0.15, 0.2) is 24.3 Å². The van der Waals surface area contributed by atoms with E-state index in [1.807, 2.05) is 0 Å². The maximum Gasteiger partial charge on any atom is 0.253 e. The van der Waals surface area contributed by atoms with E-state index in [1.54, 1.807) is 38.4 Å². The van der Waals surface area contributed by atoms with Crippen LogP contribution in [0.25, 0.3) is 0 Å². The van der Waals surface area contributed by atoms with E-state index in [0.717, 1.165) is 0 Å². The van der Waals surface area contributed by atoms with Gasteiger partial charge in [-0.2, -0.15) is 0 Å². The molecule has 0 radical (unpaired) electrons. The summed E-state index contributed by atoms with van der Waals surface area (Å²) in [5.41, 5.74) is 0.622. The number of carbonyl (C=O) groups is 1. The third-order valence-electron chi connectivity index (χ3n) is 1.87. The quantitative estimate of drug-likeness (QED) is 0.796. The van der Waals surface area contributed by atoms with E-state index >= 15 is 0 Å². The van der Waals surface area contributed by atoms with Crippen molar-refractivity contribution in [1.82, 2.24) is 4.90 Å². The summed E-state index contributed by atoms with van der Waals surface area (Å²) in [6, 6.07) is 6.84. The molecule has 0 atom stereocenters. The summed E-state index contributed by atoms with van der Waals surface area (Å²) in [6.07, 6.45) is 0. The van der Waals surface area contributed by atoms with Gasteiger partial charge in [0.1, 0.15) is 12.4 Å². The van der Waals surface area contributed by atoms with Crippen LogP contribution in [-0.4, -0.2) is 43.2 Å². The minimum absolute atomic E-state index is 0.0155. The first kappa shape index (κ1) is 11.5. The van der Waals surface area contributed by atoms with Crippen molar-refractivity contribution in [1.29, 1.82) is 0 Å². The SMILES string of the molecule is CN(C)C(=O)c1ccc(OCCO)cc1. The van der Waals surface area contributed by atoms with Gasteiger partial charge in [0.2, 0.25) is 0 Å². The first-order chi connectivity index (χ1) is 7.15. The number of nitrogens with zero attached hydrogens (tertiary/aromatic N) is 1. The van der Waals surface area contributed by atoms with Crippen LogP contribution in [0.2, 0.25) is 0 Å². The summed E-state index contributed by atoms with van der Waals surface area (Å²) in [6.45, 7) is 0.249. The maximum atomic E-state index is 11.5. The average molecular weight is 209 g/mol. The Morgan fingerprint density at radius 2 is 1.93 bits per heavy atom. The van der Waals surface area contributed by atoms with Crippen LogP contribution in [0.5, 0.6) is 5.75 Å². The molecule has 0 fully saturated rings. The summed E-state index contributed by atoms with van der Waals surface area (Å²) >= 11 is 0. The largest absolute Gasteiger partial charge is 0.491 e. The normalized spacial score (nSPS) is 9.80. The molecule has 0 aliphatic carbocycles. The molecule has 82 valence electrons. The number of aliphatic hydroxyl groups is 1. The molecule has 0 heterocycles. The van der Waals surface area contributed by atoms with Gasteiger partial charge in [-0.1, -0.05) is 0 Å². The Balaban J connectivity index is 2.68. The van der Waals surface area contributed by atoms with E-state index in [1.165, 1.54) is 4.90 Å². The van der Waals surface area contributed by atoms with Gasteiger partial charge in [0.25, 0.3) is 5.91 Å². The zero-order valence-electron chi connectivity index (χ0n) is 8.93. The molecule has 0 spiro atoms. The van der Waals surface area contributed by atoms with Crippen LogP contribution in [-0.2, 0) is 0 Å². The molecule has 1 rings (SSSR count).